The zero-order valence-electron chi connectivity index (χ0n) is 11.5. The van der Waals surface area contributed by atoms with E-state index in [1.165, 1.54) is 11.4 Å². The highest BCUT2D eigenvalue weighted by Gasteiger charge is 2.21. The van der Waals surface area contributed by atoms with E-state index in [1.54, 1.807) is 6.92 Å². The van der Waals surface area contributed by atoms with Crippen molar-refractivity contribution in [2.24, 2.45) is 0 Å². The van der Waals surface area contributed by atoms with E-state index in [2.05, 4.69) is 21.6 Å². The quantitative estimate of drug-likeness (QED) is 0.787. The van der Waals surface area contributed by atoms with Crippen molar-refractivity contribution in [2.45, 2.75) is 26.6 Å². The number of carbonyl (C=O) groups is 1. The van der Waals surface area contributed by atoms with E-state index in [0.29, 0.717) is 0 Å². The van der Waals surface area contributed by atoms with E-state index in [9.17, 15) is 4.79 Å². The summed E-state index contributed by atoms with van der Waals surface area (Å²) in [5.74, 6) is 0.169. The third-order valence-corrected chi connectivity index (χ3v) is 4.04. The van der Waals surface area contributed by atoms with Crippen LogP contribution in [0.5, 0.6) is 0 Å². The molecule has 19 heavy (non-hydrogen) atoms. The molecule has 104 valence electrons. The van der Waals surface area contributed by atoms with E-state index >= 15 is 0 Å². The summed E-state index contributed by atoms with van der Waals surface area (Å²) in [5, 5.41) is 0. The van der Waals surface area contributed by atoms with E-state index in [4.69, 9.17) is 4.74 Å². The molecule has 1 aromatic heterocycles. The Morgan fingerprint density at radius 1 is 1.21 bits per heavy atom. The maximum Gasteiger partial charge on any atom is 0.219 e. The number of ether oxygens (including phenoxy) is 1. The zero-order valence-corrected chi connectivity index (χ0v) is 11.5. The number of fused-ring (bicyclic) bond motifs is 1. The average Bonchev–Trinajstić information content (AvgIpc) is 2.82. The fourth-order valence-electron chi connectivity index (χ4n) is 2.87. The molecule has 0 N–H and O–H groups in total. The molecule has 1 amide bonds. The summed E-state index contributed by atoms with van der Waals surface area (Å²) < 4.78 is 7.75. The maximum absolute atomic E-state index is 11.4. The number of hydrogen-bond acceptors (Lipinski definition) is 3. The van der Waals surface area contributed by atoms with Crippen LogP contribution >= 0.6 is 0 Å². The van der Waals surface area contributed by atoms with Gasteiger partial charge in [-0.05, 0) is 12.1 Å². The molecule has 1 aromatic rings. The highest BCUT2D eigenvalue weighted by atomic mass is 16.5. The smallest absolute Gasteiger partial charge is 0.219 e. The molecular weight excluding hydrogens is 242 g/mol. The maximum atomic E-state index is 11.4. The van der Waals surface area contributed by atoms with Crippen molar-refractivity contribution in [1.82, 2.24) is 14.4 Å². The highest BCUT2D eigenvalue weighted by Crippen LogP contribution is 2.18. The van der Waals surface area contributed by atoms with Crippen molar-refractivity contribution >= 4 is 5.91 Å². The molecule has 0 atom stereocenters. The second-order valence-corrected chi connectivity index (χ2v) is 5.30. The molecule has 2 aliphatic rings. The average molecular weight is 263 g/mol. The molecular formula is C14H21N3O2. The van der Waals surface area contributed by atoms with Crippen LogP contribution in [0.3, 0.4) is 0 Å². The molecule has 3 rings (SSSR count). The molecule has 0 unspecified atom stereocenters. The van der Waals surface area contributed by atoms with Crippen molar-refractivity contribution in [3.05, 3.63) is 23.5 Å². The van der Waals surface area contributed by atoms with Gasteiger partial charge in [-0.2, -0.15) is 0 Å². The first-order chi connectivity index (χ1) is 9.24. The number of carbonyl (C=O) groups excluding carboxylic acids is 1. The lowest BCUT2D eigenvalue weighted by atomic mass is 10.3. The number of rotatable bonds is 2. The molecule has 0 bridgehead atoms. The minimum Gasteiger partial charge on any atom is -0.379 e. The van der Waals surface area contributed by atoms with Gasteiger partial charge in [0.2, 0.25) is 5.91 Å². The number of aromatic nitrogens is 1. The minimum atomic E-state index is 0.169. The minimum absolute atomic E-state index is 0.169. The molecule has 1 fully saturated rings. The SMILES string of the molecule is CC(=O)N1CCn2c(CN3CCOCC3)ccc2C1. The summed E-state index contributed by atoms with van der Waals surface area (Å²) in [7, 11) is 0. The van der Waals surface area contributed by atoms with Crippen molar-refractivity contribution in [1.29, 1.82) is 0 Å². The van der Waals surface area contributed by atoms with E-state index in [-0.39, 0.29) is 5.91 Å². The third kappa shape index (κ3) is 2.67. The fraction of sp³-hybridized carbons (Fsp3) is 0.643. The summed E-state index contributed by atoms with van der Waals surface area (Å²) in [6.45, 7) is 8.83. The summed E-state index contributed by atoms with van der Waals surface area (Å²) in [4.78, 5) is 15.8. The highest BCUT2D eigenvalue weighted by molar-refractivity contribution is 5.73. The summed E-state index contributed by atoms with van der Waals surface area (Å²) in [5.41, 5.74) is 2.62. The van der Waals surface area contributed by atoms with Crippen LogP contribution in [0.1, 0.15) is 18.3 Å². The Hall–Kier alpha value is -1.33. The van der Waals surface area contributed by atoms with Gasteiger partial charge in [-0.15, -0.1) is 0 Å². The topological polar surface area (TPSA) is 37.7 Å². The monoisotopic (exact) mass is 263 g/mol. The van der Waals surface area contributed by atoms with Crippen LogP contribution in [0.2, 0.25) is 0 Å². The first-order valence-electron chi connectivity index (χ1n) is 6.97. The van der Waals surface area contributed by atoms with Gasteiger partial charge in [0, 0.05) is 51.0 Å². The molecule has 0 saturated carbocycles. The lowest BCUT2D eigenvalue weighted by Crippen LogP contribution is -2.39. The third-order valence-electron chi connectivity index (χ3n) is 4.04. The molecule has 2 aliphatic heterocycles. The number of hydrogen-bond donors (Lipinski definition) is 0. The Balaban J connectivity index is 1.70. The summed E-state index contributed by atoms with van der Waals surface area (Å²) in [6.07, 6.45) is 0. The van der Waals surface area contributed by atoms with Gasteiger partial charge in [0.1, 0.15) is 0 Å². The van der Waals surface area contributed by atoms with Crippen molar-refractivity contribution < 1.29 is 9.53 Å². The van der Waals surface area contributed by atoms with Gasteiger partial charge >= 0.3 is 0 Å². The van der Waals surface area contributed by atoms with Crippen molar-refractivity contribution in [3.63, 3.8) is 0 Å². The Bertz CT molecular complexity index is 463. The summed E-state index contributed by atoms with van der Waals surface area (Å²) in [6, 6.07) is 4.36. The number of nitrogens with zero attached hydrogens (tertiary/aromatic N) is 3. The molecule has 5 heteroatoms. The van der Waals surface area contributed by atoms with Crippen LogP contribution in [0.25, 0.3) is 0 Å². The molecule has 0 spiro atoms. The van der Waals surface area contributed by atoms with E-state index in [1.807, 2.05) is 4.90 Å². The Labute approximate surface area is 113 Å². The number of amides is 1. The van der Waals surface area contributed by atoms with Crippen LogP contribution in [0, 0.1) is 0 Å². The lowest BCUT2D eigenvalue weighted by molar-refractivity contribution is -0.130. The molecule has 0 radical (unpaired) electrons. The molecule has 5 nitrogen and oxygen atoms in total. The van der Waals surface area contributed by atoms with Gasteiger partial charge in [0.15, 0.2) is 0 Å². The molecule has 1 saturated heterocycles. The van der Waals surface area contributed by atoms with Crippen LogP contribution in [0.15, 0.2) is 12.1 Å². The first-order valence-corrected chi connectivity index (χ1v) is 6.97. The van der Waals surface area contributed by atoms with Crippen molar-refractivity contribution in [2.75, 3.05) is 32.8 Å². The predicted octanol–water partition coefficient (Wildman–Crippen LogP) is 0.682. The van der Waals surface area contributed by atoms with Gasteiger partial charge in [0.05, 0.1) is 19.8 Å². The normalized spacial score (nSPS) is 20.4. The van der Waals surface area contributed by atoms with Gasteiger partial charge in [-0.3, -0.25) is 9.69 Å². The molecule has 3 heterocycles. The fourth-order valence-corrected chi connectivity index (χ4v) is 2.87. The largest absolute Gasteiger partial charge is 0.379 e. The first kappa shape index (κ1) is 12.7. The predicted molar refractivity (Wildman–Crippen MR) is 71.6 cm³/mol. The second-order valence-electron chi connectivity index (χ2n) is 5.30. The second kappa shape index (κ2) is 5.35. The van der Waals surface area contributed by atoms with Gasteiger partial charge in [-0.25, -0.2) is 0 Å². The van der Waals surface area contributed by atoms with Crippen LogP contribution in [-0.4, -0.2) is 53.1 Å². The van der Waals surface area contributed by atoms with Crippen molar-refractivity contribution in [3.8, 4) is 0 Å². The number of morpholine rings is 1. The molecule has 0 aliphatic carbocycles. The standard InChI is InChI=1S/C14H21N3O2/c1-12(18)16-4-5-17-13(2-3-14(17)11-16)10-15-6-8-19-9-7-15/h2-3H,4-11H2,1H3. The molecule has 0 aromatic carbocycles. The summed E-state index contributed by atoms with van der Waals surface area (Å²) >= 11 is 0. The Kier molecular flexibility index (Phi) is 3.57. The van der Waals surface area contributed by atoms with Crippen LogP contribution in [-0.2, 0) is 29.2 Å². The van der Waals surface area contributed by atoms with Crippen LogP contribution < -0.4 is 0 Å². The van der Waals surface area contributed by atoms with Gasteiger partial charge < -0.3 is 14.2 Å². The van der Waals surface area contributed by atoms with E-state index < -0.39 is 0 Å². The van der Waals surface area contributed by atoms with Gasteiger partial charge in [-0.1, -0.05) is 0 Å². The van der Waals surface area contributed by atoms with Crippen LogP contribution in [0.4, 0.5) is 0 Å². The lowest BCUT2D eigenvalue weighted by Gasteiger charge is -2.31. The van der Waals surface area contributed by atoms with E-state index in [0.717, 1.165) is 52.5 Å². The zero-order chi connectivity index (χ0) is 13.2. The Morgan fingerprint density at radius 2 is 2.00 bits per heavy atom. The van der Waals surface area contributed by atoms with Gasteiger partial charge in [0.25, 0.3) is 0 Å². The Morgan fingerprint density at radius 3 is 2.74 bits per heavy atom.